The number of para-hydroxylation sites is 2. The molecule has 0 saturated heterocycles. The van der Waals surface area contributed by atoms with Crippen LogP contribution in [-0.4, -0.2) is 15.5 Å². The van der Waals surface area contributed by atoms with Gasteiger partial charge in [-0.3, -0.25) is 9.03 Å². The van der Waals surface area contributed by atoms with Gasteiger partial charge in [-0.1, -0.05) is 36.4 Å². The highest BCUT2D eigenvalue weighted by Crippen LogP contribution is 2.17. The molecule has 0 aliphatic rings. The van der Waals surface area contributed by atoms with E-state index in [1.165, 1.54) is 11.4 Å². The van der Waals surface area contributed by atoms with Crippen LogP contribution in [0.5, 0.6) is 0 Å². The third-order valence-electron chi connectivity index (χ3n) is 2.50. The summed E-state index contributed by atoms with van der Waals surface area (Å²) in [6, 6.07) is 17.7. The van der Waals surface area contributed by atoms with E-state index in [2.05, 4.69) is 4.72 Å². The monoisotopic (exact) mass is 262 g/mol. The molecule has 0 fully saturated rings. The first kappa shape index (κ1) is 12.4. The maximum atomic E-state index is 12.1. The number of rotatable bonds is 4. The van der Waals surface area contributed by atoms with E-state index in [4.69, 9.17) is 0 Å². The van der Waals surface area contributed by atoms with Crippen molar-refractivity contribution in [3.05, 3.63) is 60.7 Å². The summed E-state index contributed by atoms with van der Waals surface area (Å²) in [4.78, 5) is 0. The van der Waals surface area contributed by atoms with E-state index in [-0.39, 0.29) is 0 Å². The van der Waals surface area contributed by atoms with E-state index in [1.54, 1.807) is 48.5 Å². The molecule has 0 aromatic heterocycles. The van der Waals surface area contributed by atoms with Crippen molar-refractivity contribution in [1.29, 1.82) is 0 Å². The molecular weight excluding hydrogens is 248 g/mol. The summed E-state index contributed by atoms with van der Waals surface area (Å²) in [5, 5.41) is 0. The van der Waals surface area contributed by atoms with Gasteiger partial charge in [0.1, 0.15) is 0 Å². The van der Waals surface area contributed by atoms with Gasteiger partial charge in [0, 0.05) is 7.05 Å². The first-order valence-electron chi connectivity index (χ1n) is 5.46. The molecule has 2 aromatic rings. The summed E-state index contributed by atoms with van der Waals surface area (Å²) in [5.41, 5.74) is 1.15. The average molecular weight is 262 g/mol. The lowest BCUT2D eigenvalue weighted by Gasteiger charge is -2.20. The minimum atomic E-state index is -3.58. The van der Waals surface area contributed by atoms with E-state index in [0.29, 0.717) is 11.4 Å². The quantitative estimate of drug-likeness (QED) is 0.920. The van der Waals surface area contributed by atoms with Gasteiger partial charge in [-0.15, -0.1) is 0 Å². The molecule has 0 atom stereocenters. The van der Waals surface area contributed by atoms with Crippen molar-refractivity contribution >= 4 is 21.6 Å². The topological polar surface area (TPSA) is 49.4 Å². The van der Waals surface area contributed by atoms with Crippen LogP contribution < -0.4 is 9.03 Å². The van der Waals surface area contributed by atoms with Crippen LogP contribution in [0.1, 0.15) is 0 Å². The Morgan fingerprint density at radius 3 is 1.94 bits per heavy atom. The molecule has 0 heterocycles. The van der Waals surface area contributed by atoms with E-state index in [9.17, 15) is 8.42 Å². The Labute approximate surface area is 107 Å². The van der Waals surface area contributed by atoms with Crippen molar-refractivity contribution < 1.29 is 8.42 Å². The zero-order valence-electron chi connectivity index (χ0n) is 9.95. The van der Waals surface area contributed by atoms with E-state index < -0.39 is 10.2 Å². The molecule has 0 amide bonds. The SMILES string of the molecule is CN(c1ccccc1)S(=O)(=O)Nc1ccccc1. The predicted octanol–water partition coefficient (Wildman–Crippen LogP) is 2.48. The molecule has 2 rings (SSSR count). The molecule has 0 unspecified atom stereocenters. The third-order valence-corrected chi connectivity index (χ3v) is 3.93. The Morgan fingerprint density at radius 2 is 1.39 bits per heavy atom. The number of nitrogens with one attached hydrogen (secondary N) is 1. The lowest BCUT2D eigenvalue weighted by molar-refractivity contribution is 0.599. The summed E-state index contributed by atoms with van der Waals surface area (Å²) in [6.45, 7) is 0. The minimum Gasteiger partial charge on any atom is -0.267 e. The van der Waals surface area contributed by atoms with Gasteiger partial charge in [0.2, 0.25) is 0 Å². The summed E-state index contributed by atoms with van der Waals surface area (Å²) >= 11 is 0. The van der Waals surface area contributed by atoms with Crippen LogP contribution in [0.2, 0.25) is 0 Å². The number of benzene rings is 2. The molecule has 4 nitrogen and oxygen atoms in total. The van der Waals surface area contributed by atoms with Crippen molar-refractivity contribution in [3.8, 4) is 0 Å². The highest BCUT2D eigenvalue weighted by molar-refractivity contribution is 7.94. The van der Waals surface area contributed by atoms with Crippen LogP contribution >= 0.6 is 0 Å². The maximum Gasteiger partial charge on any atom is 0.323 e. The van der Waals surface area contributed by atoms with Gasteiger partial charge in [-0.2, -0.15) is 8.42 Å². The molecule has 0 bridgehead atoms. The number of hydrogen-bond acceptors (Lipinski definition) is 2. The normalized spacial score (nSPS) is 10.9. The van der Waals surface area contributed by atoms with E-state index in [0.717, 1.165) is 0 Å². The van der Waals surface area contributed by atoms with Gasteiger partial charge >= 0.3 is 10.2 Å². The summed E-state index contributed by atoms with van der Waals surface area (Å²) in [5.74, 6) is 0. The Morgan fingerprint density at radius 1 is 0.889 bits per heavy atom. The molecule has 94 valence electrons. The standard InChI is InChI=1S/C13H14N2O2S/c1-15(13-10-6-3-7-11-13)18(16,17)14-12-8-4-2-5-9-12/h2-11,14H,1H3. The van der Waals surface area contributed by atoms with E-state index >= 15 is 0 Å². The molecule has 0 radical (unpaired) electrons. The highest BCUT2D eigenvalue weighted by Gasteiger charge is 2.17. The van der Waals surface area contributed by atoms with Crippen LogP contribution in [0.25, 0.3) is 0 Å². The molecule has 0 aliphatic carbocycles. The second-order valence-corrected chi connectivity index (χ2v) is 5.48. The average Bonchev–Trinajstić information content (AvgIpc) is 2.39. The second kappa shape index (κ2) is 5.10. The van der Waals surface area contributed by atoms with Crippen LogP contribution in [0.3, 0.4) is 0 Å². The Kier molecular flexibility index (Phi) is 3.53. The third kappa shape index (κ3) is 2.81. The molecule has 18 heavy (non-hydrogen) atoms. The number of anilines is 2. The molecule has 5 heteroatoms. The molecule has 0 saturated carbocycles. The fourth-order valence-electron chi connectivity index (χ4n) is 1.50. The summed E-state index contributed by atoms with van der Waals surface area (Å²) in [7, 11) is -2.07. The first-order chi connectivity index (χ1) is 8.59. The lowest BCUT2D eigenvalue weighted by Crippen LogP contribution is -2.32. The predicted molar refractivity (Wildman–Crippen MR) is 73.8 cm³/mol. The highest BCUT2D eigenvalue weighted by atomic mass is 32.2. The fourth-order valence-corrected chi connectivity index (χ4v) is 2.47. The van der Waals surface area contributed by atoms with Gasteiger partial charge in [0.05, 0.1) is 11.4 Å². The Balaban J connectivity index is 2.22. The van der Waals surface area contributed by atoms with Gasteiger partial charge < -0.3 is 0 Å². The smallest absolute Gasteiger partial charge is 0.267 e. The van der Waals surface area contributed by atoms with Crippen LogP contribution in [0.4, 0.5) is 11.4 Å². The van der Waals surface area contributed by atoms with Crippen molar-refractivity contribution in [3.63, 3.8) is 0 Å². The van der Waals surface area contributed by atoms with Gasteiger partial charge in [-0.05, 0) is 24.3 Å². The van der Waals surface area contributed by atoms with Gasteiger partial charge in [0.25, 0.3) is 0 Å². The van der Waals surface area contributed by atoms with Crippen LogP contribution in [0.15, 0.2) is 60.7 Å². The zero-order valence-corrected chi connectivity index (χ0v) is 10.8. The molecule has 2 aromatic carbocycles. The van der Waals surface area contributed by atoms with Crippen LogP contribution in [0, 0.1) is 0 Å². The molecule has 0 spiro atoms. The lowest BCUT2D eigenvalue weighted by atomic mass is 10.3. The van der Waals surface area contributed by atoms with E-state index in [1.807, 2.05) is 12.1 Å². The largest absolute Gasteiger partial charge is 0.323 e. The second-order valence-electron chi connectivity index (χ2n) is 3.78. The van der Waals surface area contributed by atoms with Gasteiger partial charge in [-0.25, -0.2) is 0 Å². The van der Waals surface area contributed by atoms with Crippen molar-refractivity contribution in [2.45, 2.75) is 0 Å². The number of nitrogens with zero attached hydrogens (tertiary/aromatic N) is 1. The Hall–Kier alpha value is -2.01. The molecular formula is C13H14N2O2S. The van der Waals surface area contributed by atoms with Gasteiger partial charge in [0.15, 0.2) is 0 Å². The molecule has 1 N–H and O–H groups in total. The number of hydrogen-bond donors (Lipinski definition) is 1. The van der Waals surface area contributed by atoms with Crippen molar-refractivity contribution in [2.75, 3.05) is 16.1 Å². The minimum absolute atomic E-state index is 0.542. The van der Waals surface area contributed by atoms with Crippen molar-refractivity contribution in [2.24, 2.45) is 0 Å². The molecule has 0 aliphatic heterocycles. The first-order valence-corrected chi connectivity index (χ1v) is 6.90. The summed E-state index contributed by atoms with van der Waals surface area (Å²) in [6.07, 6.45) is 0. The zero-order chi connectivity index (χ0) is 13.0. The Bertz CT molecular complexity index is 597. The summed E-state index contributed by atoms with van der Waals surface area (Å²) < 4.78 is 28.0. The fraction of sp³-hybridized carbons (Fsp3) is 0.0769. The van der Waals surface area contributed by atoms with Crippen molar-refractivity contribution in [1.82, 2.24) is 0 Å². The van der Waals surface area contributed by atoms with Crippen LogP contribution in [-0.2, 0) is 10.2 Å². The maximum absolute atomic E-state index is 12.1.